The third-order valence-electron chi connectivity index (χ3n) is 2.32. The van der Waals surface area contributed by atoms with E-state index in [0.29, 0.717) is 6.54 Å². The molecule has 15 heavy (non-hydrogen) atoms. The van der Waals surface area contributed by atoms with Gasteiger partial charge in [-0.1, -0.05) is 6.92 Å². The second kappa shape index (κ2) is 6.03. The molecular weight excluding hydrogens is 324 g/mol. The lowest BCUT2D eigenvalue weighted by Gasteiger charge is -2.24. The molecule has 0 radical (unpaired) electrons. The third kappa shape index (κ3) is 3.31. The van der Waals surface area contributed by atoms with E-state index < -0.39 is 0 Å². The second-order valence-corrected chi connectivity index (χ2v) is 5.08. The number of halogens is 2. The molecule has 0 saturated heterocycles. The Hall–Kier alpha value is 0.160. The first-order valence-electron chi connectivity index (χ1n) is 4.95. The van der Waals surface area contributed by atoms with Crippen molar-refractivity contribution >= 4 is 31.9 Å². The van der Waals surface area contributed by atoms with E-state index in [1.165, 1.54) is 0 Å². The van der Waals surface area contributed by atoms with Crippen LogP contribution in [0.4, 0.5) is 0 Å². The smallest absolute Gasteiger partial charge is 0.183 e. The van der Waals surface area contributed by atoms with Crippen molar-refractivity contribution < 1.29 is 4.42 Å². The van der Waals surface area contributed by atoms with Crippen LogP contribution in [0, 0.1) is 0 Å². The lowest BCUT2D eigenvalue weighted by atomic mass is 10.2. The summed E-state index contributed by atoms with van der Waals surface area (Å²) in [5, 5.41) is 0. The molecule has 0 fully saturated rings. The Labute approximate surface area is 107 Å². The molecular formula is C10H16Br2N2O. The average molecular weight is 340 g/mol. The molecule has 86 valence electrons. The fourth-order valence-corrected chi connectivity index (χ4v) is 2.16. The van der Waals surface area contributed by atoms with Crippen LogP contribution in [0.15, 0.2) is 19.6 Å². The van der Waals surface area contributed by atoms with Gasteiger partial charge in [0.15, 0.2) is 4.67 Å². The number of hydrogen-bond donors (Lipinski definition) is 1. The molecule has 0 bridgehead atoms. The van der Waals surface area contributed by atoms with Crippen LogP contribution >= 0.6 is 31.9 Å². The Morgan fingerprint density at radius 1 is 1.53 bits per heavy atom. The largest absolute Gasteiger partial charge is 0.451 e. The number of hydrogen-bond acceptors (Lipinski definition) is 3. The molecule has 1 unspecified atom stereocenters. The van der Waals surface area contributed by atoms with Gasteiger partial charge in [0, 0.05) is 6.54 Å². The van der Waals surface area contributed by atoms with Crippen molar-refractivity contribution in [2.24, 2.45) is 5.73 Å². The molecule has 2 N–H and O–H groups in total. The van der Waals surface area contributed by atoms with E-state index in [0.717, 1.165) is 27.9 Å². The van der Waals surface area contributed by atoms with Crippen LogP contribution in [0.25, 0.3) is 0 Å². The summed E-state index contributed by atoms with van der Waals surface area (Å²) in [6.45, 7) is 3.72. The summed E-state index contributed by atoms with van der Waals surface area (Å²) >= 11 is 6.73. The zero-order chi connectivity index (χ0) is 11.4. The normalized spacial score (nSPS) is 13.5. The second-order valence-electron chi connectivity index (χ2n) is 3.50. The maximum absolute atomic E-state index is 5.76. The molecule has 0 aromatic carbocycles. The van der Waals surface area contributed by atoms with Crippen LogP contribution in [0.3, 0.4) is 0 Å². The molecule has 1 heterocycles. The summed E-state index contributed by atoms with van der Waals surface area (Å²) in [6, 6.07) is 2.11. The van der Waals surface area contributed by atoms with Crippen LogP contribution in [0.5, 0.6) is 0 Å². The molecule has 1 aromatic rings. The Morgan fingerprint density at radius 2 is 2.20 bits per heavy atom. The predicted octanol–water partition coefficient (Wildman–Crippen LogP) is 3.15. The van der Waals surface area contributed by atoms with Gasteiger partial charge >= 0.3 is 0 Å². The van der Waals surface area contributed by atoms with E-state index >= 15 is 0 Å². The summed E-state index contributed by atoms with van der Waals surface area (Å²) in [5.74, 6) is 0.896. The fourth-order valence-electron chi connectivity index (χ4n) is 1.55. The van der Waals surface area contributed by atoms with Crippen molar-refractivity contribution in [1.82, 2.24) is 4.90 Å². The molecule has 0 aliphatic carbocycles. The number of furan rings is 1. The molecule has 0 aliphatic heterocycles. The number of nitrogens with two attached hydrogens (primary N) is 1. The minimum atomic E-state index is 0.146. The van der Waals surface area contributed by atoms with Crippen LogP contribution in [0.1, 0.15) is 25.1 Å². The van der Waals surface area contributed by atoms with E-state index in [9.17, 15) is 0 Å². The predicted molar refractivity (Wildman–Crippen MR) is 68.8 cm³/mol. The highest BCUT2D eigenvalue weighted by Gasteiger charge is 2.19. The van der Waals surface area contributed by atoms with Gasteiger partial charge in [0.05, 0.1) is 10.5 Å². The lowest BCUT2D eigenvalue weighted by Crippen LogP contribution is -2.30. The number of nitrogens with zero attached hydrogens (tertiary/aromatic N) is 1. The van der Waals surface area contributed by atoms with Gasteiger partial charge in [-0.25, -0.2) is 0 Å². The van der Waals surface area contributed by atoms with E-state index in [2.05, 4.69) is 50.7 Å². The maximum Gasteiger partial charge on any atom is 0.183 e. The van der Waals surface area contributed by atoms with Gasteiger partial charge in [-0.2, -0.15) is 0 Å². The summed E-state index contributed by atoms with van der Waals surface area (Å²) < 4.78 is 7.24. The molecule has 0 amide bonds. The molecule has 3 nitrogen and oxygen atoms in total. The molecule has 1 atom stereocenters. The zero-order valence-corrected chi connectivity index (χ0v) is 12.1. The first-order valence-corrected chi connectivity index (χ1v) is 6.53. The molecule has 5 heteroatoms. The quantitative estimate of drug-likeness (QED) is 0.896. The van der Waals surface area contributed by atoms with Crippen LogP contribution in [0.2, 0.25) is 0 Å². The van der Waals surface area contributed by atoms with Crippen LogP contribution in [-0.2, 0) is 0 Å². The van der Waals surface area contributed by atoms with Gasteiger partial charge in [0.25, 0.3) is 0 Å². The van der Waals surface area contributed by atoms with E-state index in [4.69, 9.17) is 10.2 Å². The van der Waals surface area contributed by atoms with Crippen molar-refractivity contribution in [2.75, 3.05) is 20.1 Å². The molecule has 0 aliphatic rings. The Kier molecular flexibility index (Phi) is 5.32. The zero-order valence-electron chi connectivity index (χ0n) is 8.96. The average Bonchev–Trinajstić information content (AvgIpc) is 2.48. The van der Waals surface area contributed by atoms with Gasteiger partial charge in [0.1, 0.15) is 5.76 Å². The maximum atomic E-state index is 5.76. The van der Waals surface area contributed by atoms with Crippen molar-refractivity contribution in [3.63, 3.8) is 0 Å². The highest BCUT2D eigenvalue weighted by atomic mass is 79.9. The van der Waals surface area contributed by atoms with Crippen LogP contribution < -0.4 is 5.73 Å². The van der Waals surface area contributed by atoms with Gasteiger partial charge < -0.3 is 10.2 Å². The van der Waals surface area contributed by atoms with Gasteiger partial charge in [-0.15, -0.1) is 0 Å². The van der Waals surface area contributed by atoms with Gasteiger partial charge in [-0.3, -0.25) is 4.90 Å². The lowest BCUT2D eigenvalue weighted by molar-refractivity contribution is 0.219. The van der Waals surface area contributed by atoms with E-state index in [-0.39, 0.29) is 6.04 Å². The van der Waals surface area contributed by atoms with Gasteiger partial charge in [-0.05, 0) is 57.9 Å². The SMILES string of the molecule is CCCN(C)C(CN)c1cc(Br)c(Br)o1. The first-order chi connectivity index (χ1) is 7.10. The highest BCUT2D eigenvalue weighted by Crippen LogP contribution is 2.31. The summed E-state index contributed by atoms with van der Waals surface area (Å²) in [5.41, 5.74) is 5.76. The number of likely N-dealkylation sites (N-methyl/N-ethyl adjacent to an activating group) is 1. The minimum absolute atomic E-state index is 0.146. The van der Waals surface area contributed by atoms with E-state index in [1.807, 2.05) is 6.07 Å². The van der Waals surface area contributed by atoms with Crippen molar-refractivity contribution in [1.29, 1.82) is 0 Å². The van der Waals surface area contributed by atoms with Gasteiger partial charge in [0.2, 0.25) is 0 Å². The summed E-state index contributed by atoms with van der Waals surface area (Å²) in [7, 11) is 2.06. The Morgan fingerprint density at radius 3 is 2.60 bits per heavy atom. The summed E-state index contributed by atoms with van der Waals surface area (Å²) in [4.78, 5) is 2.21. The van der Waals surface area contributed by atoms with Crippen molar-refractivity contribution in [2.45, 2.75) is 19.4 Å². The molecule has 1 aromatic heterocycles. The Bertz CT molecular complexity index is 295. The van der Waals surface area contributed by atoms with Crippen molar-refractivity contribution in [3.05, 3.63) is 21.0 Å². The highest BCUT2D eigenvalue weighted by molar-refractivity contribution is 9.13. The Balaban J connectivity index is 2.82. The monoisotopic (exact) mass is 338 g/mol. The minimum Gasteiger partial charge on any atom is -0.451 e. The fraction of sp³-hybridized carbons (Fsp3) is 0.600. The van der Waals surface area contributed by atoms with Crippen molar-refractivity contribution in [3.8, 4) is 0 Å². The topological polar surface area (TPSA) is 42.4 Å². The third-order valence-corrected chi connectivity index (χ3v) is 4.03. The first kappa shape index (κ1) is 13.2. The molecule has 1 rings (SSSR count). The number of rotatable bonds is 5. The standard InChI is InChI=1S/C10H16Br2N2O/c1-3-4-14(2)8(6-13)9-5-7(11)10(12)15-9/h5,8H,3-4,6,13H2,1-2H3. The van der Waals surface area contributed by atoms with Crippen LogP contribution in [-0.4, -0.2) is 25.0 Å². The van der Waals surface area contributed by atoms with E-state index in [1.54, 1.807) is 0 Å². The summed E-state index contributed by atoms with van der Waals surface area (Å²) in [6.07, 6.45) is 1.11. The molecule has 0 saturated carbocycles. The molecule has 0 spiro atoms.